The van der Waals surface area contributed by atoms with Crippen LogP contribution >= 0.6 is 30.2 Å². The van der Waals surface area contributed by atoms with Gasteiger partial charge in [0.05, 0.1) is 48.0 Å². The van der Waals surface area contributed by atoms with Crippen LogP contribution in [-0.4, -0.2) is 46.2 Å². The van der Waals surface area contributed by atoms with Crippen molar-refractivity contribution in [2.75, 3.05) is 13.2 Å². The molecule has 2 heterocycles. The van der Waals surface area contributed by atoms with E-state index >= 15 is 0 Å². The Morgan fingerprint density at radius 3 is 2.44 bits per heavy atom. The Kier molecular flexibility index (Phi) is 9.08. The molecule has 0 radical (unpaired) electrons. The van der Waals surface area contributed by atoms with Crippen molar-refractivity contribution in [1.82, 2.24) is 0 Å². The number of halogens is 1. The molecule has 2 fully saturated rings. The number of hydrogen-bond donors (Lipinski definition) is 1. The molecule has 0 spiro atoms. The normalized spacial score (nSPS) is 28.4. The first kappa shape index (κ1) is 26.4. The summed E-state index contributed by atoms with van der Waals surface area (Å²) in [6, 6.07) is 4.70. The highest BCUT2D eigenvalue weighted by atomic mass is 127. The van der Waals surface area contributed by atoms with E-state index < -0.39 is 13.9 Å². The lowest BCUT2D eigenvalue weighted by Gasteiger charge is -2.37. The summed E-state index contributed by atoms with van der Waals surface area (Å²) in [6.07, 6.45) is 3.27. The van der Waals surface area contributed by atoms with Gasteiger partial charge in [-0.05, 0) is 65.2 Å². The van der Waals surface area contributed by atoms with Gasteiger partial charge in [0, 0.05) is 10.3 Å². The van der Waals surface area contributed by atoms with Crippen LogP contribution in [0.25, 0.3) is 0 Å². The first-order valence-corrected chi connectivity index (χ1v) is 14.2. The number of alkyl halides is 1. The number of rotatable bonds is 11. The minimum Gasteiger partial charge on any atom is -0.507 e. The van der Waals surface area contributed by atoms with Crippen molar-refractivity contribution < 1.29 is 32.9 Å². The van der Waals surface area contributed by atoms with Gasteiger partial charge in [-0.25, -0.2) is 0 Å². The lowest BCUT2D eigenvalue weighted by Crippen LogP contribution is -2.38. The van der Waals surface area contributed by atoms with Gasteiger partial charge in [-0.2, -0.15) is 0 Å². The van der Waals surface area contributed by atoms with Crippen LogP contribution in [0.1, 0.15) is 72.2 Å². The van der Waals surface area contributed by atoms with Crippen LogP contribution in [0.3, 0.4) is 0 Å². The first-order valence-electron chi connectivity index (χ1n) is 11.4. The highest BCUT2D eigenvalue weighted by Crippen LogP contribution is 2.48. The fourth-order valence-electron chi connectivity index (χ4n) is 4.06. The average Bonchev–Trinajstić information content (AvgIpc) is 3.34. The maximum atomic E-state index is 13.2. The molecule has 0 bridgehead atoms. The molecule has 1 aromatic rings. The van der Waals surface area contributed by atoms with Gasteiger partial charge in [0.25, 0.3) is 0 Å². The largest absolute Gasteiger partial charge is 0.507 e. The number of ether oxygens (including phenoxy) is 3. The van der Waals surface area contributed by atoms with Gasteiger partial charge in [-0.3, -0.25) is 4.57 Å². The van der Waals surface area contributed by atoms with Crippen LogP contribution in [0.15, 0.2) is 18.2 Å². The molecule has 2 aliphatic rings. The fourth-order valence-corrected chi connectivity index (χ4v) is 6.13. The van der Waals surface area contributed by atoms with Crippen LogP contribution in [0.4, 0.5) is 0 Å². The van der Waals surface area contributed by atoms with E-state index in [0.29, 0.717) is 17.0 Å². The van der Waals surface area contributed by atoms with E-state index in [1.54, 1.807) is 26.0 Å². The van der Waals surface area contributed by atoms with Gasteiger partial charge in [-0.15, -0.1) is 0 Å². The molecular formula is C23H36IO7P. The Labute approximate surface area is 205 Å². The zero-order valence-electron chi connectivity index (χ0n) is 19.6. The number of benzene rings is 1. The molecule has 1 aromatic carbocycles. The summed E-state index contributed by atoms with van der Waals surface area (Å²) < 4.78 is 42.7. The predicted octanol–water partition coefficient (Wildman–Crippen LogP) is 5.63. The highest BCUT2D eigenvalue weighted by Gasteiger charge is 2.47. The number of phenolic OH excluding ortho intramolecular Hbond substituents is 1. The molecular weight excluding hydrogens is 546 g/mol. The van der Waals surface area contributed by atoms with E-state index in [2.05, 4.69) is 43.4 Å². The van der Waals surface area contributed by atoms with E-state index in [1.165, 1.54) is 6.07 Å². The minimum absolute atomic E-state index is 0.000381. The second kappa shape index (κ2) is 11.0. The third-order valence-electron chi connectivity index (χ3n) is 5.96. The summed E-state index contributed by atoms with van der Waals surface area (Å²) in [5.74, 6) is 0.0342. The molecule has 3 rings (SSSR count). The summed E-state index contributed by atoms with van der Waals surface area (Å²) in [4.78, 5) is 0. The van der Waals surface area contributed by atoms with Crippen molar-refractivity contribution in [2.45, 2.75) is 94.4 Å². The first-order chi connectivity index (χ1) is 15.1. The molecule has 0 aliphatic carbocycles. The highest BCUT2D eigenvalue weighted by molar-refractivity contribution is 14.1. The molecule has 4 unspecified atom stereocenters. The Hall–Kier alpha value is -0.220. The number of hydrogen-bond acceptors (Lipinski definition) is 7. The second-order valence-electron chi connectivity index (χ2n) is 8.89. The van der Waals surface area contributed by atoms with Gasteiger partial charge < -0.3 is 28.4 Å². The Bertz CT molecular complexity index is 806. The molecule has 0 saturated carbocycles. The molecule has 0 amide bonds. The number of phenols is 1. The van der Waals surface area contributed by atoms with Gasteiger partial charge in [0.2, 0.25) is 0 Å². The number of aromatic hydroxyl groups is 1. The fraction of sp³-hybridized carbons (Fsp3) is 0.739. The van der Waals surface area contributed by atoms with Gasteiger partial charge in [0.1, 0.15) is 5.75 Å². The lowest BCUT2D eigenvalue weighted by atomic mass is 9.99. The van der Waals surface area contributed by atoms with Crippen molar-refractivity contribution in [2.24, 2.45) is 0 Å². The topological polar surface area (TPSA) is 86.8 Å². The molecule has 1 N–H and O–H groups in total. The predicted molar refractivity (Wildman–Crippen MR) is 132 cm³/mol. The third kappa shape index (κ3) is 6.46. The average molecular weight is 582 g/mol. The van der Waals surface area contributed by atoms with E-state index in [4.69, 9.17) is 23.3 Å². The van der Waals surface area contributed by atoms with E-state index in [1.807, 2.05) is 0 Å². The van der Waals surface area contributed by atoms with Crippen LogP contribution in [0, 0.1) is 0 Å². The maximum absolute atomic E-state index is 13.2. The lowest BCUT2D eigenvalue weighted by molar-refractivity contribution is -0.247. The van der Waals surface area contributed by atoms with Crippen LogP contribution in [0.5, 0.6) is 5.75 Å². The van der Waals surface area contributed by atoms with E-state index in [0.717, 1.165) is 25.7 Å². The smallest absolute Gasteiger partial charge is 0.361 e. The Morgan fingerprint density at radius 2 is 1.88 bits per heavy atom. The maximum Gasteiger partial charge on any atom is 0.361 e. The summed E-state index contributed by atoms with van der Waals surface area (Å²) >= 11 is 2.37. The van der Waals surface area contributed by atoms with Crippen molar-refractivity contribution in [3.63, 3.8) is 0 Å². The standard InChI is InChI=1S/C23H36IO7P/c1-6-27-32(26,28-7-2)17-11-12-19(25)18(14-17)22-29-16(13-20(30-22)15(3)24)9-8-10-21-23(4,5)31-21/h11-12,14-16,20-22,25H,6-10,13H2,1-5H3/t15-,16?,20?,21?,22?/m1/s1. The molecule has 9 heteroatoms. The molecule has 32 heavy (non-hydrogen) atoms. The van der Waals surface area contributed by atoms with Crippen molar-refractivity contribution in [1.29, 1.82) is 0 Å². The van der Waals surface area contributed by atoms with Crippen molar-refractivity contribution >= 4 is 35.5 Å². The quantitative estimate of drug-likeness (QED) is 0.157. The van der Waals surface area contributed by atoms with Crippen LogP contribution in [-0.2, 0) is 27.8 Å². The third-order valence-corrected chi connectivity index (χ3v) is 8.87. The summed E-state index contributed by atoms with van der Waals surface area (Å²) in [5, 5.41) is 11.0. The van der Waals surface area contributed by atoms with Gasteiger partial charge in [0.15, 0.2) is 6.29 Å². The SMILES string of the molecule is CCOP(=O)(OCC)c1ccc(O)c(C2OC(CCCC3OC3(C)C)CC([C@@H](C)I)O2)c1. The molecule has 0 aromatic heterocycles. The minimum atomic E-state index is -3.49. The van der Waals surface area contributed by atoms with Crippen molar-refractivity contribution in [3.05, 3.63) is 23.8 Å². The van der Waals surface area contributed by atoms with Crippen molar-refractivity contribution in [3.8, 4) is 5.75 Å². The zero-order valence-corrected chi connectivity index (χ0v) is 22.6. The van der Waals surface area contributed by atoms with Crippen LogP contribution in [0.2, 0.25) is 0 Å². The van der Waals surface area contributed by atoms with Gasteiger partial charge in [-0.1, -0.05) is 29.5 Å². The Balaban J connectivity index is 1.77. The molecule has 5 atom stereocenters. The number of epoxide rings is 1. The molecule has 7 nitrogen and oxygen atoms in total. The Morgan fingerprint density at radius 1 is 1.22 bits per heavy atom. The molecule has 2 aliphatic heterocycles. The van der Waals surface area contributed by atoms with Gasteiger partial charge >= 0.3 is 7.60 Å². The molecule has 182 valence electrons. The molecule has 2 saturated heterocycles. The second-order valence-corrected chi connectivity index (χ2v) is 12.9. The van der Waals surface area contributed by atoms with Crippen LogP contribution < -0.4 is 5.30 Å². The summed E-state index contributed by atoms with van der Waals surface area (Å²) in [7, 11) is -3.49. The summed E-state index contributed by atoms with van der Waals surface area (Å²) in [5.41, 5.74) is 0.445. The zero-order chi connectivity index (χ0) is 23.5. The van der Waals surface area contributed by atoms with E-state index in [9.17, 15) is 9.67 Å². The summed E-state index contributed by atoms with van der Waals surface area (Å²) in [6.45, 7) is 10.4. The van der Waals surface area contributed by atoms with E-state index in [-0.39, 0.29) is 40.7 Å². The monoisotopic (exact) mass is 582 g/mol.